The van der Waals surface area contributed by atoms with Crippen molar-refractivity contribution in [3.63, 3.8) is 0 Å². The molecule has 0 aliphatic carbocycles. The van der Waals surface area contributed by atoms with Crippen molar-refractivity contribution in [2.45, 2.75) is 12.6 Å². The van der Waals surface area contributed by atoms with E-state index in [0.717, 1.165) is 19.5 Å². The van der Waals surface area contributed by atoms with Crippen molar-refractivity contribution in [2.75, 3.05) is 34.2 Å². The van der Waals surface area contributed by atoms with Crippen molar-refractivity contribution in [3.05, 3.63) is 0 Å². The maximum Gasteiger partial charge on any atom is 0.323 e. The van der Waals surface area contributed by atoms with Crippen LogP contribution in [-0.2, 0) is 4.79 Å². The first-order valence-electron chi connectivity index (χ1n) is 4.97. The lowest BCUT2D eigenvalue weighted by Crippen LogP contribution is -2.45. The number of rotatable bonds is 5. The highest BCUT2D eigenvalue weighted by Gasteiger charge is 2.32. The molecule has 1 unspecified atom stereocenters. The van der Waals surface area contributed by atoms with Gasteiger partial charge in [-0.05, 0) is 34.1 Å². The molecule has 0 saturated carbocycles. The minimum Gasteiger partial charge on any atom is -0.314 e. The lowest BCUT2D eigenvalue weighted by atomic mass is 10.3. The highest BCUT2D eigenvalue weighted by Crippen LogP contribution is 2.00. The molecule has 0 bridgehead atoms. The Balaban J connectivity index is 2.30. The lowest BCUT2D eigenvalue weighted by Gasteiger charge is -2.22. The van der Waals surface area contributed by atoms with E-state index in [4.69, 9.17) is 0 Å². The van der Waals surface area contributed by atoms with Gasteiger partial charge in [-0.3, -0.25) is 15.0 Å². The third-order valence-corrected chi connectivity index (χ3v) is 2.31. The van der Waals surface area contributed by atoms with Gasteiger partial charge in [0.2, 0.25) is 0 Å². The van der Waals surface area contributed by atoms with E-state index < -0.39 is 12.2 Å². The van der Waals surface area contributed by atoms with Crippen LogP contribution < -0.4 is 10.6 Å². The number of imide groups is 1. The fraction of sp³-hybridized carbons (Fsp3) is 0.778. The molecule has 1 atom stereocenters. The largest absolute Gasteiger partial charge is 0.323 e. The Labute approximate surface area is 89.6 Å². The number of urea groups is 1. The summed E-state index contributed by atoms with van der Waals surface area (Å²) >= 11 is 0. The zero-order valence-corrected chi connectivity index (χ0v) is 9.41. The van der Waals surface area contributed by atoms with E-state index in [2.05, 4.69) is 15.5 Å². The van der Waals surface area contributed by atoms with Gasteiger partial charge in [-0.2, -0.15) is 0 Å². The van der Waals surface area contributed by atoms with Crippen LogP contribution in [0.5, 0.6) is 0 Å². The third-order valence-electron chi connectivity index (χ3n) is 2.31. The van der Waals surface area contributed by atoms with Crippen LogP contribution in [0.4, 0.5) is 4.79 Å². The summed E-state index contributed by atoms with van der Waals surface area (Å²) < 4.78 is 0. The number of carbonyl (C=O) groups excluding carboxylic acids is 2. The molecule has 1 aliphatic heterocycles. The maximum atomic E-state index is 11.3. The minimum atomic E-state index is -0.514. The Bertz CT molecular complexity index is 254. The quantitative estimate of drug-likeness (QED) is 0.578. The Kier molecular flexibility index (Phi) is 4.05. The van der Waals surface area contributed by atoms with E-state index >= 15 is 0 Å². The van der Waals surface area contributed by atoms with Crippen LogP contribution in [-0.4, -0.2) is 62.1 Å². The van der Waals surface area contributed by atoms with Crippen molar-refractivity contribution in [1.29, 1.82) is 0 Å². The second-order valence-corrected chi connectivity index (χ2v) is 4.00. The fourth-order valence-electron chi connectivity index (χ4n) is 1.48. The summed E-state index contributed by atoms with van der Waals surface area (Å²) in [6.07, 6.45) is 0.447. The molecule has 2 N–H and O–H groups in total. The van der Waals surface area contributed by atoms with Crippen LogP contribution in [0.2, 0.25) is 0 Å². The zero-order chi connectivity index (χ0) is 11.4. The Morgan fingerprint density at radius 1 is 1.20 bits per heavy atom. The van der Waals surface area contributed by atoms with Crippen LogP contribution in [0.1, 0.15) is 6.42 Å². The Morgan fingerprint density at radius 3 is 2.33 bits per heavy atom. The molecule has 0 radical (unpaired) electrons. The van der Waals surface area contributed by atoms with E-state index in [1.165, 1.54) is 0 Å². The van der Waals surface area contributed by atoms with Crippen LogP contribution in [0.25, 0.3) is 0 Å². The fourth-order valence-corrected chi connectivity index (χ4v) is 1.48. The molecule has 6 nitrogen and oxygen atoms in total. The van der Waals surface area contributed by atoms with E-state index in [-0.39, 0.29) is 5.91 Å². The molecule has 86 valence electrons. The van der Waals surface area contributed by atoms with E-state index in [1.807, 2.05) is 26.0 Å². The second kappa shape index (κ2) is 5.09. The molecule has 0 aromatic heterocycles. The first-order valence-corrected chi connectivity index (χ1v) is 4.97. The van der Waals surface area contributed by atoms with Gasteiger partial charge in [-0.15, -0.1) is 0 Å². The molecule has 1 aliphatic rings. The summed E-state index contributed by atoms with van der Waals surface area (Å²) in [6.45, 7) is 1.74. The van der Waals surface area contributed by atoms with Crippen molar-refractivity contribution in [1.82, 2.24) is 20.4 Å². The van der Waals surface area contributed by atoms with Gasteiger partial charge < -0.3 is 10.2 Å². The molecule has 1 rings (SSSR count). The molecule has 1 heterocycles. The van der Waals surface area contributed by atoms with Crippen LogP contribution in [0, 0.1) is 0 Å². The monoisotopic (exact) mass is 214 g/mol. The number of carbonyl (C=O) groups is 2. The molecule has 1 saturated heterocycles. The molecule has 0 aromatic carbocycles. The first-order chi connectivity index (χ1) is 7.00. The average Bonchev–Trinajstić information content (AvgIpc) is 2.44. The number of likely N-dealkylation sites (N-methyl/N-ethyl adjacent to an activating group) is 1. The van der Waals surface area contributed by atoms with Crippen LogP contribution >= 0.6 is 0 Å². The molecule has 0 spiro atoms. The average molecular weight is 214 g/mol. The first kappa shape index (κ1) is 11.9. The third kappa shape index (κ3) is 3.49. The maximum absolute atomic E-state index is 11.3. The van der Waals surface area contributed by atoms with Crippen molar-refractivity contribution in [3.8, 4) is 0 Å². The van der Waals surface area contributed by atoms with Crippen molar-refractivity contribution in [2.24, 2.45) is 0 Å². The normalized spacial score (nSPS) is 21.0. The van der Waals surface area contributed by atoms with Gasteiger partial charge in [-0.25, -0.2) is 4.79 Å². The van der Waals surface area contributed by atoms with Gasteiger partial charge in [0, 0.05) is 6.54 Å². The number of hydrogen-bond donors (Lipinski definition) is 2. The number of amides is 3. The molecule has 6 heteroatoms. The SMILES string of the molecule is CN(C)CCCN(C)C1NC(=O)NC1=O. The smallest absolute Gasteiger partial charge is 0.314 e. The summed E-state index contributed by atoms with van der Waals surface area (Å²) in [4.78, 5) is 26.1. The summed E-state index contributed by atoms with van der Waals surface area (Å²) in [5.41, 5.74) is 0. The molecule has 3 amide bonds. The molecular formula is C9H18N4O2. The van der Waals surface area contributed by atoms with Crippen molar-refractivity contribution >= 4 is 11.9 Å². The van der Waals surface area contributed by atoms with Gasteiger partial charge >= 0.3 is 6.03 Å². The summed E-state index contributed by atoms with van der Waals surface area (Å²) in [5, 5.41) is 4.76. The summed E-state index contributed by atoms with van der Waals surface area (Å²) in [5.74, 6) is -0.271. The molecule has 0 aromatic rings. The van der Waals surface area contributed by atoms with Gasteiger partial charge in [-0.1, -0.05) is 0 Å². The standard InChI is InChI=1S/C9H18N4O2/c1-12(2)5-4-6-13(3)7-8(14)11-9(15)10-7/h7H,4-6H2,1-3H3,(H2,10,11,14,15). The van der Waals surface area contributed by atoms with Crippen LogP contribution in [0.15, 0.2) is 0 Å². The van der Waals surface area contributed by atoms with E-state index in [9.17, 15) is 9.59 Å². The summed E-state index contributed by atoms with van der Waals surface area (Å²) in [6, 6.07) is -0.413. The topological polar surface area (TPSA) is 64.7 Å². The Hall–Kier alpha value is -1.14. The number of nitrogens with zero attached hydrogens (tertiary/aromatic N) is 2. The van der Waals surface area contributed by atoms with Crippen LogP contribution in [0.3, 0.4) is 0 Å². The minimum absolute atomic E-state index is 0.271. The van der Waals surface area contributed by atoms with Gasteiger partial charge in [0.25, 0.3) is 5.91 Å². The number of nitrogens with one attached hydrogen (secondary N) is 2. The Morgan fingerprint density at radius 2 is 1.87 bits per heavy atom. The highest BCUT2D eigenvalue weighted by molar-refractivity contribution is 6.03. The predicted molar refractivity (Wildman–Crippen MR) is 56.3 cm³/mol. The van der Waals surface area contributed by atoms with Gasteiger partial charge in [0.15, 0.2) is 6.17 Å². The lowest BCUT2D eigenvalue weighted by molar-refractivity contribution is -0.123. The highest BCUT2D eigenvalue weighted by atomic mass is 16.2. The van der Waals surface area contributed by atoms with E-state index in [0.29, 0.717) is 0 Å². The van der Waals surface area contributed by atoms with Gasteiger partial charge in [0.05, 0.1) is 0 Å². The van der Waals surface area contributed by atoms with E-state index in [1.54, 1.807) is 0 Å². The predicted octanol–water partition coefficient (Wildman–Crippen LogP) is -0.965. The molecule has 1 fully saturated rings. The number of hydrogen-bond acceptors (Lipinski definition) is 4. The molecule has 15 heavy (non-hydrogen) atoms. The van der Waals surface area contributed by atoms with Gasteiger partial charge in [0.1, 0.15) is 0 Å². The zero-order valence-electron chi connectivity index (χ0n) is 9.41. The summed E-state index contributed by atoms with van der Waals surface area (Å²) in [7, 11) is 5.83. The molecular weight excluding hydrogens is 196 g/mol. The van der Waals surface area contributed by atoms with Crippen molar-refractivity contribution < 1.29 is 9.59 Å². The second-order valence-electron chi connectivity index (χ2n) is 4.00.